The number of hydrogen-bond acceptors (Lipinski definition) is 1. The second kappa shape index (κ2) is 5.48. The molecule has 0 aliphatic carbocycles. The van der Waals surface area contributed by atoms with Crippen molar-refractivity contribution in [2.75, 3.05) is 5.32 Å². The van der Waals surface area contributed by atoms with E-state index in [4.69, 9.17) is 0 Å². The van der Waals surface area contributed by atoms with Crippen molar-refractivity contribution in [3.8, 4) is 0 Å². The second-order valence-electron chi connectivity index (χ2n) is 5.65. The predicted octanol–water partition coefficient (Wildman–Crippen LogP) is 5.48. The smallest absolute Gasteiger partial charge is 0.0416 e. The lowest BCUT2D eigenvalue weighted by molar-refractivity contribution is 0.867. The molecular weight excluding hydrogens is 230 g/mol. The van der Waals surface area contributed by atoms with Crippen molar-refractivity contribution in [3.05, 3.63) is 58.7 Å². The average Bonchev–Trinajstić information content (AvgIpc) is 2.36. The minimum atomic E-state index is 0.581. The third kappa shape index (κ3) is 3.17. The Morgan fingerprint density at radius 1 is 0.789 bits per heavy atom. The Balaban J connectivity index is 2.24. The first kappa shape index (κ1) is 13.7. The summed E-state index contributed by atoms with van der Waals surface area (Å²) in [6.07, 6.45) is 0. The maximum absolute atomic E-state index is 3.51. The van der Waals surface area contributed by atoms with Crippen LogP contribution in [0.2, 0.25) is 0 Å². The Kier molecular flexibility index (Phi) is 3.94. The first-order valence-corrected chi connectivity index (χ1v) is 6.92. The fourth-order valence-electron chi connectivity index (χ4n) is 2.20. The number of nitrogens with one attached hydrogen (secondary N) is 1. The molecule has 2 rings (SSSR count). The summed E-state index contributed by atoms with van der Waals surface area (Å²) in [5, 5.41) is 3.51. The van der Waals surface area contributed by atoms with Crippen molar-refractivity contribution < 1.29 is 0 Å². The predicted molar refractivity (Wildman–Crippen MR) is 84.5 cm³/mol. The summed E-state index contributed by atoms with van der Waals surface area (Å²) in [4.78, 5) is 0. The molecule has 0 amide bonds. The lowest BCUT2D eigenvalue weighted by Crippen LogP contribution is -1.96. The van der Waals surface area contributed by atoms with Crippen LogP contribution < -0.4 is 5.32 Å². The molecule has 0 aliphatic heterocycles. The van der Waals surface area contributed by atoms with Crippen LogP contribution in [0.4, 0.5) is 11.4 Å². The van der Waals surface area contributed by atoms with E-state index in [-0.39, 0.29) is 0 Å². The highest BCUT2D eigenvalue weighted by Crippen LogP contribution is 2.25. The molecule has 1 N–H and O–H groups in total. The fraction of sp³-hybridized carbons (Fsp3) is 0.333. The van der Waals surface area contributed by atoms with E-state index in [1.54, 1.807) is 0 Å². The van der Waals surface area contributed by atoms with E-state index >= 15 is 0 Å². The van der Waals surface area contributed by atoms with Crippen molar-refractivity contribution in [3.63, 3.8) is 0 Å². The summed E-state index contributed by atoms with van der Waals surface area (Å²) in [5.74, 6) is 0.581. The van der Waals surface area contributed by atoms with Crippen LogP contribution in [-0.4, -0.2) is 0 Å². The standard InChI is InChI=1S/C18H23N/c1-12(2)16-6-8-17(9-7-16)19-18-11-14(4)13(3)10-15(18)5/h6-12,19H,1-5H3. The minimum Gasteiger partial charge on any atom is -0.355 e. The summed E-state index contributed by atoms with van der Waals surface area (Å²) in [6, 6.07) is 13.2. The number of hydrogen-bond donors (Lipinski definition) is 1. The van der Waals surface area contributed by atoms with E-state index in [9.17, 15) is 0 Å². The van der Waals surface area contributed by atoms with E-state index in [0.29, 0.717) is 5.92 Å². The lowest BCUT2D eigenvalue weighted by atomic mass is 10.0. The maximum atomic E-state index is 3.51. The molecule has 0 saturated heterocycles. The SMILES string of the molecule is Cc1cc(C)c(Nc2ccc(C(C)C)cc2)cc1C. The Hall–Kier alpha value is -1.76. The first-order chi connectivity index (χ1) is 8.97. The van der Waals surface area contributed by atoms with Crippen LogP contribution in [0.15, 0.2) is 36.4 Å². The van der Waals surface area contributed by atoms with Gasteiger partial charge in [-0.2, -0.15) is 0 Å². The number of aryl methyl sites for hydroxylation is 3. The molecule has 2 aromatic carbocycles. The van der Waals surface area contributed by atoms with Gasteiger partial charge in [-0.3, -0.25) is 0 Å². The number of anilines is 2. The van der Waals surface area contributed by atoms with Crippen LogP contribution in [0, 0.1) is 20.8 Å². The van der Waals surface area contributed by atoms with E-state index in [0.717, 1.165) is 5.69 Å². The molecule has 0 bridgehead atoms. The van der Waals surface area contributed by atoms with Crippen molar-refractivity contribution in [2.24, 2.45) is 0 Å². The van der Waals surface area contributed by atoms with Gasteiger partial charge in [-0.15, -0.1) is 0 Å². The van der Waals surface area contributed by atoms with Crippen molar-refractivity contribution in [1.29, 1.82) is 0 Å². The molecule has 100 valence electrons. The summed E-state index contributed by atoms with van der Waals surface area (Å²) in [7, 11) is 0. The van der Waals surface area contributed by atoms with Crippen LogP contribution in [0.25, 0.3) is 0 Å². The summed E-state index contributed by atoms with van der Waals surface area (Å²) in [5.41, 5.74) is 7.68. The van der Waals surface area contributed by atoms with Gasteiger partial charge in [-0.1, -0.05) is 32.0 Å². The van der Waals surface area contributed by atoms with Crippen LogP contribution in [0.1, 0.15) is 42.0 Å². The fourth-order valence-corrected chi connectivity index (χ4v) is 2.20. The van der Waals surface area contributed by atoms with Gasteiger partial charge in [-0.25, -0.2) is 0 Å². The van der Waals surface area contributed by atoms with Gasteiger partial charge in [0.1, 0.15) is 0 Å². The minimum absolute atomic E-state index is 0.581. The Morgan fingerprint density at radius 2 is 1.37 bits per heavy atom. The van der Waals surface area contributed by atoms with Gasteiger partial charge in [0, 0.05) is 11.4 Å². The molecular formula is C18H23N. The molecule has 0 aromatic heterocycles. The molecule has 0 spiro atoms. The molecule has 0 atom stereocenters. The average molecular weight is 253 g/mol. The van der Waals surface area contributed by atoms with Crippen molar-refractivity contribution in [2.45, 2.75) is 40.5 Å². The molecule has 0 heterocycles. The Bertz CT molecular complexity index is 565. The monoisotopic (exact) mass is 253 g/mol. The highest BCUT2D eigenvalue weighted by atomic mass is 14.9. The van der Waals surface area contributed by atoms with E-state index in [1.807, 2.05) is 0 Å². The van der Waals surface area contributed by atoms with Gasteiger partial charge in [0.15, 0.2) is 0 Å². The quantitative estimate of drug-likeness (QED) is 0.763. The number of rotatable bonds is 3. The van der Waals surface area contributed by atoms with Gasteiger partial charge < -0.3 is 5.32 Å². The largest absolute Gasteiger partial charge is 0.355 e. The normalized spacial score (nSPS) is 10.8. The molecule has 0 aliphatic rings. The topological polar surface area (TPSA) is 12.0 Å². The molecule has 19 heavy (non-hydrogen) atoms. The van der Waals surface area contributed by atoms with E-state index < -0.39 is 0 Å². The highest BCUT2D eigenvalue weighted by Gasteiger charge is 2.03. The molecule has 1 nitrogen and oxygen atoms in total. The first-order valence-electron chi connectivity index (χ1n) is 6.92. The van der Waals surface area contributed by atoms with Gasteiger partial charge in [-0.05, 0) is 67.1 Å². The molecule has 1 heteroatoms. The van der Waals surface area contributed by atoms with Gasteiger partial charge in [0.25, 0.3) is 0 Å². The zero-order valence-corrected chi connectivity index (χ0v) is 12.5. The van der Waals surface area contributed by atoms with Crippen LogP contribution in [-0.2, 0) is 0 Å². The van der Waals surface area contributed by atoms with Crippen LogP contribution >= 0.6 is 0 Å². The molecule has 0 saturated carbocycles. The lowest BCUT2D eigenvalue weighted by Gasteiger charge is -2.13. The third-order valence-electron chi connectivity index (χ3n) is 3.70. The molecule has 0 unspecified atom stereocenters. The van der Waals surface area contributed by atoms with Crippen LogP contribution in [0.5, 0.6) is 0 Å². The van der Waals surface area contributed by atoms with Gasteiger partial charge in [0.05, 0.1) is 0 Å². The van der Waals surface area contributed by atoms with Gasteiger partial charge in [0.2, 0.25) is 0 Å². The summed E-state index contributed by atoms with van der Waals surface area (Å²) in [6.45, 7) is 10.9. The second-order valence-corrected chi connectivity index (χ2v) is 5.65. The molecule has 0 fully saturated rings. The zero-order valence-electron chi connectivity index (χ0n) is 12.5. The molecule has 0 radical (unpaired) electrons. The summed E-state index contributed by atoms with van der Waals surface area (Å²) >= 11 is 0. The zero-order chi connectivity index (χ0) is 14.0. The maximum Gasteiger partial charge on any atom is 0.0416 e. The number of benzene rings is 2. The van der Waals surface area contributed by atoms with Gasteiger partial charge >= 0.3 is 0 Å². The molecule has 2 aromatic rings. The van der Waals surface area contributed by atoms with Crippen LogP contribution in [0.3, 0.4) is 0 Å². The van der Waals surface area contributed by atoms with E-state index in [2.05, 4.69) is 76.3 Å². The Morgan fingerprint density at radius 3 is 1.95 bits per heavy atom. The van der Waals surface area contributed by atoms with Crippen molar-refractivity contribution >= 4 is 11.4 Å². The highest BCUT2D eigenvalue weighted by molar-refractivity contribution is 5.64. The van der Waals surface area contributed by atoms with Crippen molar-refractivity contribution in [1.82, 2.24) is 0 Å². The Labute approximate surface area is 116 Å². The third-order valence-corrected chi connectivity index (χ3v) is 3.70. The summed E-state index contributed by atoms with van der Waals surface area (Å²) < 4.78 is 0. The van der Waals surface area contributed by atoms with E-state index in [1.165, 1.54) is 27.9 Å².